The Kier molecular flexibility index (Phi) is 4.30. The third kappa shape index (κ3) is 2.97. The van der Waals surface area contributed by atoms with E-state index >= 15 is 0 Å². The van der Waals surface area contributed by atoms with E-state index in [1.165, 1.54) is 42.7 Å². The molecule has 148 valence electrons. The van der Waals surface area contributed by atoms with Crippen molar-refractivity contribution in [3.05, 3.63) is 40.8 Å². The van der Waals surface area contributed by atoms with E-state index in [2.05, 4.69) is 4.99 Å². The minimum absolute atomic E-state index is 0.0155. The van der Waals surface area contributed by atoms with Crippen molar-refractivity contribution in [1.29, 1.82) is 0 Å². The molecule has 1 amide bonds. The molecule has 6 heteroatoms. The summed E-state index contributed by atoms with van der Waals surface area (Å²) in [5, 5.41) is 0. The van der Waals surface area contributed by atoms with Gasteiger partial charge in [-0.2, -0.15) is 4.99 Å². The lowest BCUT2D eigenvalue weighted by Gasteiger charge is -2.55. The Labute approximate surface area is 167 Å². The average Bonchev–Trinajstić information content (AvgIpc) is 3.03. The van der Waals surface area contributed by atoms with Gasteiger partial charge in [-0.25, -0.2) is 8.78 Å². The number of nitrogens with zero attached hydrogens (tertiary/aromatic N) is 2. The lowest BCUT2D eigenvalue weighted by Crippen LogP contribution is -2.49. The summed E-state index contributed by atoms with van der Waals surface area (Å²) in [6.45, 7) is 2.62. The van der Waals surface area contributed by atoms with Gasteiger partial charge < -0.3 is 4.57 Å². The molecule has 0 unspecified atom stereocenters. The summed E-state index contributed by atoms with van der Waals surface area (Å²) >= 11 is 1.30. The second kappa shape index (κ2) is 6.61. The first-order valence-corrected chi connectivity index (χ1v) is 11.0. The van der Waals surface area contributed by atoms with Crippen molar-refractivity contribution in [3.8, 4) is 10.4 Å². The van der Waals surface area contributed by atoms with Crippen molar-refractivity contribution in [2.45, 2.75) is 52.0 Å². The Morgan fingerprint density at radius 1 is 1.18 bits per heavy atom. The van der Waals surface area contributed by atoms with Crippen molar-refractivity contribution in [1.82, 2.24) is 4.57 Å². The highest BCUT2D eigenvalue weighted by Gasteiger charge is 2.54. The minimum Gasteiger partial charge on any atom is -0.323 e. The molecule has 0 atom stereocenters. The van der Waals surface area contributed by atoms with Gasteiger partial charge in [0.1, 0.15) is 11.6 Å². The molecule has 0 saturated heterocycles. The van der Waals surface area contributed by atoms with Gasteiger partial charge in [0.25, 0.3) is 5.91 Å². The molecule has 2 aromatic rings. The molecule has 4 fully saturated rings. The molecule has 6 rings (SSSR count). The number of hydrogen-bond acceptors (Lipinski definition) is 2. The molecule has 0 aliphatic heterocycles. The van der Waals surface area contributed by atoms with Crippen LogP contribution in [0.1, 0.15) is 45.4 Å². The maximum Gasteiger partial charge on any atom is 0.254 e. The molecule has 4 aliphatic carbocycles. The fraction of sp³-hybridized carbons (Fsp3) is 0.545. The number of amides is 1. The highest BCUT2D eigenvalue weighted by molar-refractivity contribution is 7.12. The Bertz CT molecular complexity index is 971. The van der Waals surface area contributed by atoms with Crippen LogP contribution in [-0.4, -0.2) is 10.5 Å². The Morgan fingerprint density at radius 2 is 1.82 bits per heavy atom. The molecule has 3 nitrogen and oxygen atoms in total. The van der Waals surface area contributed by atoms with Crippen LogP contribution in [0.15, 0.2) is 29.4 Å². The first kappa shape index (κ1) is 18.2. The van der Waals surface area contributed by atoms with E-state index < -0.39 is 11.6 Å². The van der Waals surface area contributed by atoms with Gasteiger partial charge in [-0.15, -0.1) is 0 Å². The number of aromatic nitrogens is 1. The standard InChI is InChI=1S/C22H24F2N2OS/c1-2-26-12-19(17-4-3-16(23)8-18(17)24)28-21(26)25-20(27)22-9-13-5-14(10-22)7-15(6-13)11-22/h3-4,8,12-15H,2,5-7,9-11H2,1H3/b25-21-. The first-order chi connectivity index (χ1) is 13.5. The van der Waals surface area contributed by atoms with Gasteiger partial charge >= 0.3 is 0 Å². The van der Waals surface area contributed by atoms with Gasteiger partial charge in [-0.05, 0) is 75.3 Å². The van der Waals surface area contributed by atoms with Crippen LogP contribution in [0.3, 0.4) is 0 Å². The summed E-state index contributed by atoms with van der Waals surface area (Å²) in [4.78, 5) is 19.1. The number of rotatable bonds is 3. The van der Waals surface area contributed by atoms with Gasteiger partial charge in [0.15, 0.2) is 4.80 Å². The average molecular weight is 403 g/mol. The quantitative estimate of drug-likeness (QED) is 0.698. The van der Waals surface area contributed by atoms with E-state index in [1.807, 2.05) is 17.7 Å². The lowest BCUT2D eigenvalue weighted by atomic mass is 9.49. The van der Waals surface area contributed by atoms with E-state index in [9.17, 15) is 13.6 Å². The summed E-state index contributed by atoms with van der Waals surface area (Å²) in [5.41, 5.74) is 0.0725. The second-order valence-electron chi connectivity index (χ2n) is 8.90. The molecule has 4 saturated carbocycles. The number of carbonyl (C=O) groups excluding carboxylic acids is 1. The number of benzene rings is 1. The molecule has 0 N–H and O–H groups in total. The zero-order valence-electron chi connectivity index (χ0n) is 16.0. The first-order valence-electron chi connectivity index (χ1n) is 10.2. The topological polar surface area (TPSA) is 34.4 Å². The zero-order chi connectivity index (χ0) is 19.5. The predicted octanol–water partition coefficient (Wildman–Crippen LogP) is 5.16. The van der Waals surface area contributed by atoms with E-state index in [1.54, 1.807) is 0 Å². The van der Waals surface area contributed by atoms with Crippen LogP contribution >= 0.6 is 11.3 Å². The van der Waals surface area contributed by atoms with Crippen LogP contribution in [-0.2, 0) is 11.3 Å². The van der Waals surface area contributed by atoms with Gasteiger partial charge in [0.05, 0.1) is 10.3 Å². The highest BCUT2D eigenvalue weighted by atomic mass is 32.1. The summed E-state index contributed by atoms with van der Waals surface area (Å²) in [6.07, 6.45) is 8.62. The molecule has 4 aliphatic rings. The molecule has 1 heterocycles. The minimum atomic E-state index is -0.594. The SMILES string of the molecule is CCn1cc(-c2ccc(F)cc2F)s/c1=N\C(=O)C12CC3CC(CC(C3)C1)C2. The van der Waals surface area contributed by atoms with Crippen LogP contribution in [0.5, 0.6) is 0 Å². The van der Waals surface area contributed by atoms with Crippen molar-refractivity contribution < 1.29 is 13.6 Å². The molecule has 1 aromatic heterocycles. The molecule has 1 aromatic carbocycles. The fourth-order valence-corrected chi connectivity index (χ4v) is 7.17. The molecule has 28 heavy (non-hydrogen) atoms. The fourth-order valence-electron chi connectivity index (χ4n) is 6.09. The van der Waals surface area contributed by atoms with Crippen molar-refractivity contribution in [2.75, 3.05) is 0 Å². The predicted molar refractivity (Wildman–Crippen MR) is 105 cm³/mol. The van der Waals surface area contributed by atoms with E-state index in [4.69, 9.17) is 0 Å². The molecule has 0 spiro atoms. The van der Waals surface area contributed by atoms with E-state index in [-0.39, 0.29) is 11.3 Å². The van der Waals surface area contributed by atoms with Gasteiger partial charge in [-0.1, -0.05) is 11.3 Å². The summed E-state index contributed by atoms with van der Waals surface area (Å²) in [5.74, 6) is 0.899. The van der Waals surface area contributed by atoms with Crippen molar-refractivity contribution in [3.63, 3.8) is 0 Å². The molecular formula is C22H24F2N2OS. The van der Waals surface area contributed by atoms with E-state index in [0.717, 1.165) is 25.3 Å². The van der Waals surface area contributed by atoms with Crippen molar-refractivity contribution in [2.24, 2.45) is 28.2 Å². The summed E-state index contributed by atoms with van der Waals surface area (Å²) in [7, 11) is 0. The molecule has 4 bridgehead atoms. The number of thiazole rings is 1. The third-order valence-electron chi connectivity index (χ3n) is 6.95. The smallest absolute Gasteiger partial charge is 0.254 e. The van der Waals surface area contributed by atoms with Crippen LogP contribution in [0, 0.1) is 34.8 Å². The van der Waals surface area contributed by atoms with Crippen LogP contribution in [0.4, 0.5) is 8.78 Å². The summed E-state index contributed by atoms with van der Waals surface area (Å²) < 4.78 is 29.3. The van der Waals surface area contributed by atoms with Gasteiger partial charge in [0.2, 0.25) is 0 Å². The molecular weight excluding hydrogens is 378 g/mol. The Balaban J connectivity index is 1.51. The Hall–Kier alpha value is -1.82. The Morgan fingerprint density at radius 3 is 2.39 bits per heavy atom. The summed E-state index contributed by atoms with van der Waals surface area (Å²) in [6, 6.07) is 3.59. The number of carbonyl (C=O) groups is 1. The van der Waals surface area contributed by atoms with Gasteiger partial charge in [-0.3, -0.25) is 4.79 Å². The number of hydrogen-bond donors (Lipinski definition) is 0. The second-order valence-corrected chi connectivity index (χ2v) is 9.91. The zero-order valence-corrected chi connectivity index (χ0v) is 16.8. The van der Waals surface area contributed by atoms with Crippen LogP contribution < -0.4 is 4.80 Å². The normalized spacial score (nSPS) is 31.5. The van der Waals surface area contributed by atoms with Crippen LogP contribution in [0.25, 0.3) is 10.4 Å². The van der Waals surface area contributed by atoms with Crippen LogP contribution in [0.2, 0.25) is 0 Å². The maximum absolute atomic E-state index is 14.2. The molecule has 0 radical (unpaired) electrons. The highest BCUT2D eigenvalue weighted by Crippen LogP contribution is 2.60. The lowest BCUT2D eigenvalue weighted by molar-refractivity contribution is -0.142. The number of halogens is 2. The number of aryl methyl sites for hydroxylation is 1. The maximum atomic E-state index is 14.2. The third-order valence-corrected chi connectivity index (χ3v) is 8.00. The van der Waals surface area contributed by atoms with Gasteiger partial charge in [0, 0.05) is 24.4 Å². The van der Waals surface area contributed by atoms with E-state index in [0.29, 0.717) is 39.5 Å². The van der Waals surface area contributed by atoms with Crippen molar-refractivity contribution >= 4 is 17.2 Å². The largest absolute Gasteiger partial charge is 0.323 e. The monoisotopic (exact) mass is 402 g/mol.